The fourth-order valence-electron chi connectivity index (χ4n) is 6.06. The van der Waals surface area contributed by atoms with Crippen molar-refractivity contribution in [2.75, 3.05) is 30.5 Å². The van der Waals surface area contributed by atoms with Gasteiger partial charge in [-0.2, -0.15) is 0 Å². The van der Waals surface area contributed by atoms with Crippen molar-refractivity contribution >= 4 is 34.8 Å². The molecule has 0 aromatic heterocycles. The zero-order valence-electron chi connectivity index (χ0n) is 25.6. The molecule has 1 fully saturated rings. The third kappa shape index (κ3) is 6.35. The van der Waals surface area contributed by atoms with E-state index in [1.807, 2.05) is 0 Å². The number of anilines is 2. The highest BCUT2D eigenvalue weighted by Gasteiger charge is 2.53. The van der Waals surface area contributed by atoms with Crippen molar-refractivity contribution in [1.29, 1.82) is 0 Å². The molecule has 3 N–H and O–H groups in total. The van der Waals surface area contributed by atoms with Gasteiger partial charge in [-0.3, -0.25) is 24.5 Å². The number of rotatable bonds is 11. The highest BCUT2D eigenvalue weighted by molar-refractivity contribution is 6.07. The maximum Gasteiger partial charge on any atom is 0.269 e. The van der Waals surface area contributed by atoms with Crippen molar-refractivity contribution in [2.24, 2.45) is 5.92 Å². The van der Waals surface area contributed by atoms with E-state index in [0.717, 1.165) is 12.8 Å². The molecule has 3 aromatic rings. The lowest BCUT2D eigenvalue weighted by Crippen LogP contribution is -2.44. The van der Waals surface area contributed by atoms with Crippen molar-refractivity contribution in [3.8, 4) is 5.75 Å². The molecule has 3 amide bonds. The fourth-order valence-corrected chi connectivity index (χ4v) is 6.06. The zero-order chi connectivity index (χ0) is 33.0. The number of fused-ring (bicyclic) bond motifs is 1. The molecule has 0 bridgehead atoms. The number of hydrogen-bond donors (Lipinski definition) is 3. The van der Waals surface area contributed by atoms with Gasteiger partial charge in [0.05, 0.1) is 36.9 Å². The first-order valence-corrected chi connectivity index (χ1v) is 15.0. The van der Waals surface area contributed by atoms with Gasteiger partial charge in [-0.1, -0.05) is 31.2 Å². The number of nitro groups is 1. The van der Waals surface area contributed by atoms with E-state index < -0.39 is 22.3 Å². The Labute approximate surface area is 266 Å². The summed E-state index contributed by atoms with van der Waals surface area (Å²) in [6.45, 7) is 2.09. The van der Waals surface area contributed by atoms with Gasteiger partial charge >= 0.3 is 0 Å². The fraction of sp³-hybridized carbons (Fsp3) is 0.324. The first-order valence-electron chi connectivity index (χ1n) is 15.0. The number of methoxy groups -OCH3 is 1. The Balaban J connectivity index is 1.37. The summed E-state index contributed by atoms with van der Waals surface area (Å²) in [5, 5.41) is 36.0. The lowest BCUT2D eigenvalue weighted by molar-refractivity contribution is -0.385. The Morgan fingerprint density at radius 2 is 1.93 bits per heavy atom. The number of nitrogens with one attached hydrogen (secondary N) is 1. The van der Waals surface area contributed by atoms with Gasteiger partial charge in [0, 0.05) is 47.8 Å². The third-order valence-electron chi connectivity index (χ3n) is 8.63. The molecule has 2 aliphatic rings. The summed E-state index contributed by atoms with van der Waals surface area (Å²) in [7, 11) is 1.54. The van der Waals surface area contributed by atoms with Crippen LogP contribution in [0.5, 0.6) is 5.75 Å². The lowest BCUT2D eigenvalue weighted by Gasteiger charge is -2.28. The van der Waals surface area contributed by atoms with Crippen LogP contribution in [0.3, 0.4) is 0 Å². The maximum absolute atomic E-state index is 14.0. The van der Waals surface area contributed by atoms with E-state index in [4.69, 9.17) is 4.74 Å². The van der Waals surface area contributed by atoms with Crippen LogP contribution in [0.15, 0.2) is 78.9 Å². The minimum Gasteiger partial charge on any atom is -0.497 e. The number of non-ortho nitro benzene ring substituents is 1. The van der Waals surface area contributed by atoms with Crippen molar-refractivity contribution in [3.63, 3.8) is 0 Å². The number of carbonyl (C=O) groups is 3. The average molecular weight is 629 g/mol. The van der Waals surface area contributed by atoms with Gasteiger partial charge in [0.25, 0.3) is 17.5 Å². The first-order chi connectivity index (χ1) is 22.1. The standard InChI is InChI=1S/C34H36N4O8/c1-22(6-3-10-31(40)36-17-5-9-27(36)21-39)34(43)29-19-26(38(44)45)13-16-30(29)37(33(34)42)20-23-7-4-8-25(18-23)35-32(41)24-11-14-28(46-2)15-12-24/h3-4,6-8,11-16,18-19,22,27,39,43H,5,9-10,17,20-21H2,1-2H3,(H,35,41)/b6-3+/t22-,27+,34+/m1/s1. The first kappa shape index (κ1) is 32.3. The summed E-state index contributed by atoms with van der Waals surface area (Å²) < 4.78 is 5.14. The Hall–Kier alpha value is -5.07. The molecule has 3 aromatic carbocycles. The summed E-state index contributed by atoms with van der Waals surface area (Å²) in [6, 6.07) is 17.3. The number of carbonyl (C=O) groups excluding carboxylic acids is 3. The number of ether oxygens (including phenoxy) is 1. The molecule has 12 heteroatoms. The molecular formula is C34H36N4O8. The second kappa shape index (κ2) is 13.5. The normalized spacial score (nSPS) is 19.7. The quantitative estimate of drug-likeness (QED) is 0.162. The van der Waals surface area contributed by atoms with Crippen LogP contribution in [0.2, 0.25) is 0 Å². The number of hydrogen-bond acceptors (Lipinski definition) is 8. The van der Waals surface area contributed by atoms with Gasteiger partial charge in [-0.25, -0.2) is 0 Å². The molecule has 0 unspecified atom stereocenters. The van der Waals surface area contributed by atoms with Crippen LogP contribution in [0.1, 0.15) is 47.7 Å². The molecule has 46 heavy (non-hydrogen) atoms. The van der Waals surface area contributed by atoms with Gasteiger partial charge in [0.1, 0.15) is 5.75 Å². The zero-order valence-corrected chi connectivity index (χ0v) is 25.6. The van der Waals surface area contributed by atoms with Crippen LogP contribution < -0.4 is 15.0 Å². The number of aliphatic hydroxyl groups excluding tert-OH is 1. The van der Waals surface area contributed by atoms with E-state index >= 15 is 0 Å². The van der Waals surface area contributed by atoms with E-state index in [9.17, 15) is 34.7 Å². The van der Waals surface area contributed by atoms with E-state index in [0.29, 0.717) is 34.8 Å². The number of amides is 3. The molecule has 5 rings (SSSR count). The predicted molar refractivity (Wildman–Crippen MR) is 170 cm³/mol. The highest BCUT2D eigenvalue weighted by Crippen LogP contribution is 2.47. The molecule has 2 aliphatic heterocycles. The number of nitrogens with zero attached hydrogens (tertiary/aromatic N) is 3. The van der Waals surface area contributed by atoms with Crippen LogP contribution in [-0.4, -0.2) is 64.1 Å². The SMILES string of the molecule is COc1ccc(C(=O)Nc2cccc(CN3C(=O)[C@](O)([C@H](C)/C=C/CC(=O)N4CCC[C@H]4CO)c4cc([N+](=O)[O-])ccc43)c2)cc1. The largest absolute Gasteiger partial charge is 0.497 e. The summed E-state index contributed by atoms with van der Waals surface area (Å²) >= 11 is 0. The van der Waals surface area contributed by atoms with Crippen LogP contribution in [-0.2, 0) is 21.7 Å². The van der Waals surface area contributed by atoms with Crippen molar-refractivity contribution < 1.29 is 34.3 Å². The maximum atomic E-state index is 14.0. The second-order valence-corrected chi connectivity index (χ2v) is 11.5. The van der Waals surface area contributed by atoms with E-state index in [2.05, 4.69) is 5.32 Å². The molecule has 1 saturated heterocycles. The van der Waals surface area contributed by atoms with Crippen molar-refractivity contribution in [3.05, 3.63) is 106 Å². The van der Waals surface area contributed by atoms with Gasteiger partial charge in [0.15, 0.2) is 5.60 Å². The van der Waals surface area contributed by atoms with Gasteiger partial charge in [0.2, 0.25) is 5.91 Å². The Kier molecular flexibility index (Phi) is 9.49. The van der Waals surface area contributed by atoms with E-state index in [1.165, 1.54) is 30.2 Å². The third-order valence-corrected chi connectivity index (χ3v) is 8.63. The number of aliphatic hydroxyl groups is 2. The molecule has 240 valence electrons. The Bertz CT molecular complexity index is 1670. The van der Waals surface area contributed by atoms with Gasteiger partial charge < -0.3 is 30.1 Å². The molecule has 2 heterocycles. The van der Waals surface area contributed by atoms with Crippen LogP contribution >= 0.6 is 0 Å². The summed E-state index contributed by atoms with van der Waals surface area (Å²) in [5.74, 6) is -1.39. The van der Waals surface area contributed by atoms with Crippen LogP contribution in [0.25, 0.3) is 0 Å². The van der Waals surface area contributed by atoms with E-state index in [1.54, 1.807) is 72.5 Å². The predicted octanol–water partition coefficient (Wildman–Crippen LogP) is 4.16. The molecule has 12 nitrogen and oxygen atoms in total. The lowest BCUT2D eigenvalue weighted by atomic mass is 9.82. The number of likely N-dealkylation sites (tertiary alicyclic amines) is 1. The Morgan fingerprint density at radius 1 is 1.17 bits per heavy atom. The van der Waals surface area contributed by atoms with Crippen molar-refractivity contribution in [1.82, 2.24) is 4.90 Å². The molecule has 3 atom stereocenters. The summed E-state index contributed by atoms with van der Waals surface area (Å²) in [5.41, 5.74) is -0.422. The minimum atomic E-state index is -2.14. The monoisotopic (exact) mass is 628 g/mol. The smallest absolute Gasteiger partial charge is 0.269 e. The highest BCUT2D eigenvalue weighted by atomic mass is 16.6. The molecule has 0 spiro atoms. The molecular weight excluding hydrogens is 592 g/mol. The average Bonchev–Trinajstić information content (AvgIpc) is 3.63. The number of benzene rings is 3. The van der Waals surface area contributed by atoms with E-state index in [-0.39, 0.29) is 48.7 Å². The van der Waals surface area contributed by atoms with Crippen LogP contribution in [0.4, 0.5) is 17.1 Å². The summed E-state index contributed by atoms with van der Waals surface area (Å²) in [6.07, 6.45) is 4.72. The van der Waals surface area contributed by atoms with Gasteiger partial charge in [-0.05, 0) is 60.9 Å². The topological polar surface area (TPSA) is 163 Å². The second-order valence-electron chi connectivity index (χ2n) is 11.5. The van der Waals surface area contributed by atoms with Gasteiger partial charge in [-0.15, -0.1) is 0 Å². The molecule has 0 aliphatic carbocycles. The number of nitro benzene ring substituents is 1. The summed E-state index contributed by atoms with van der Waals surface area (Å²) in [4.78, 5) is 53.6. The van der Waals surface area contributed by atoms with Crippen LogP contribution in [0, 0.1) is 16.0 Å². The Morgan fingerprint density at radius 3 is 2.63 bits per heavy atom. The molecule has 0 saturated carbocycles. The van der Waals surface area contributed by atoms with Crippen molar-refractivity contribution in [2.45, 2.75) is 44.4 Å². The minimum absolute atomic E-state index is 0.0185. The molecule has 0 radical (unpaired) electrons.